The van der Waals surface area contributed by atoms with Gasteiger partial charge in [0.2, 0.25) is 0 Å². The first kappa shape index (κ1) is 31.4. The topological polar surface area (TPSA) is 97.6 Å². The van der Waals surface area contributed by atoms with E-state index in [1.54, 1.807) is 6.21 Å². The van der Waals surface area contributed by atoms with Crippen LogP contribution < -0.4 is 0 Å². The normalized spacial score (nSPS) is 42.6. The number of nitrogens with zero attached hydrogens (tertiary/aromatic N) is 1. The summed E-state index contributed by atoms with van der Waals surface area (Å²) in [7, 11) is 0. The number of carbonyl (C=O) groups is 1. The predicted octanol–water partition coefficient (Wildman–Crippen LogP) is 7.15. The third-order valence-electron chi connectivity index (χ3n) is 13.9. The Morgan fingerprint density at radius 1 is 1.00 bits per heavy atom. The molecule has 0 bridgehead atoms. The first-order chi connectivity index (χ1) is 21.4. The number of carbonyl (C=O) groups excluding carboxylic acids is 1. The molecular weight excluding hydrogens is 566 g/mol. The minimum atomic E-state index is -0.662. The zero-order valence-electron chi connectivity index (χ0n) is 27.8. The molecule has 246 valence electrons. The van der Waals surface area contributed by atoms with Gasteiger partial charge in [-0.05, 0) is 85.0 Å². The summed E-state index contributed by atoms with van der Waals surface area (Å²) >= 11 is 0. The van der Waals surface area contributed by atoms with Crippen LogP contribution in [0.5, 0.6) is 0 Å². The number of hydrogen-bond donors (Lipinski definition) is 2. The molecule has 0 amide bonds. The molecule has 7 nitrogen and oxygen atoms in total. The summed E-state index contributed by atoms with van der Waals surface area (Å²) in [6, 6.07) is 9.93. The largest absolute Gasteiger partial charge is 0.461 e. The summed E-state index contributed by atoms with van der Waals surface area (Å²) in [6.45, 7) is 13.0. The van der Waals surface area contributed by atoms with E-state index in [0.29, 0.717) is 32.2 Å². The summed E-state index contributed by atoms with van der Waals surface area (Å²) in [5.41, 5.74) is 1.43. The molecule has 1 aromatic carbocycles. The smallest absolute Gasteiger partial charge is 0.309 e. The van der Waals surface area contributed by atoms with Gasteiger partial charge in [0.05, 0.1) is 31.5 Å². The van der Waals surface area contributed by atoms with Crippen molar-refractivity contribution >= 4 is 12.2 Å². The first-order valence-corrected chi connectivity index (χ1v) is 17.4. The SMILES string of the molecule is CC1(C)CC2C3=C[C@H](O)C4[C@@](C)(CCC5C(C)(C)C6(CC[C@@]54C=NO)OCCO6)C3CCC2[C@H](C(=O)OCc2ccccc2)C1. The van der Waals surface area contributed by atoms with E-state index in [-0.39, 0.29) is 51.8 Å². The van der Waals surface area contributed by atoms with Crippen LogP contribution in [0, 0.1) is 57.2 Å². The van der Waals surface area contributed by atoms with E-state index in [4.69, 9.17) is 14.2 Å². The number of hydrogen-bond acceptors (Lipinski definition) is 7. The van der Waals surface area contributed by atoms with Crippen molar-refractivity contribution in [2.75, 3.05) is 13.2 Å². The van der Waals surface area contributed by atoms with Crippen LogP contribution in [0.1, 0.15) is 91.5 Å². The van der Waals surface area contributed by atoms with E-state index in [1.165, 1.54) is 5.57 Å². The van der Waals surface area contributed by atoms with Crippen LogP contribution in [0.25, 0.3) is 0 Å². The lowest BCUT2D eigenvalue weighted by Crippen LogP contribution is -2.68. The number of oxime groups is 1. The van der Waals surface area contributed by atoms with Crippen LogP contribution in [-0.4, -0.2) is 47.6 Å². The standard InChI is InChI=1S/C38H53NO6/c1-34(2)20-27-25(28(21-34)33(41)43-22-24-9-7-6-8-10-24)11-12-29-26(27)19-30(40)32-36(29,5)14-13-31-35(3,4)38(44-17-18-45-38)16-15-37(31,32)23-39-42/h6-10,19,23,25,27-32,40,42H,11-18,20-22H2,1-5H3/t25?,27?,28-,29?,30+,31?,32?,36+,37-/m1/s1. The average molecular weight is 620 g/mol. The molecule has 1 spiro atoms. The van der Waals surface area contributed by atoms with Gasteiger partial charge in [0.1, 0.15) is 6.61 Å². The van der Waals surface area contributed by atoms with Crippen molar-refractivity contribution in [3.05, 3.63) is 47.5 Å². The maximum absolute atomic E-state index is 13.7. The lowest BCUT2D eigenvalue weighted by Gasteiger charge is -2.69. The van der Waals surface area contributed by atoms with Gasteiger partial charge in [0.25, 0.3) is 0 Å². The summed E-state index contributed by atoms with van der Waals surface area (Å²) in [5, 5.41) is 26.2. The molecule has 5 aliphatic carbocycles. The summed E-state index contributed by atoms with van der Waals surface area (Å²) in [5.74, 6) is 0.0210. The van der Waals surface area contributed by atoms with Crippen LogP contribution in [0.3, 0.4) is 0 Å². The van der Waals surface area contributed by atoms with Crippen LogP contribution in [-0.2, 0) is 25.6 Å². The van der Waals surface area contributed by atoms with Crippen molar-refractivity contribution in [3.63, 3.8) is 0 Å². The highest BCUT2D eigenvalue weighted by molar-refractivity contribution is 5.73. The molecule has 7 rings (SSSR count). The van der Waals surface area contributed by atoms with Crippen LogP contribution in [0.15, 0.2) is 47.1 Å². The minimum absolute atomic E-state index is 0.00550. The molecule has 1 heterocycles. The molecule has 0 aromatic heterocycles. The Morgan fingerprint density at radius 3 is 2.44 bits per heavy atom. The Bertz CT molecular complexity index is 1350. The van der Waals surface area contributed by atoms with Crippen molar-refractivity contribution in [3.8, 4) is 0 Å². The van der Waals surface area contributed by atoms with Gasteiger partial charge in [0.15, 0.2) is 5.79 Å². The maximum Gasteiger partial charge on any atom is 0.309 e. The zero-order valence-corrected chi connectivity index (χ0v) is 27.8. The Hall–Kier alpha value is -2.22. The first-order valence-electron chi connectivity index (χ1n) is 17.4. The van der Waals surface area contributed by atoms with E-state index in [9.17, 15) is 15.1 Å². The molecule has 4 saturated carbocycles. The van der Waals surface area contributed by atoms with Gasteiger partial charge in [0, 0.05) is 23.2 Å². The lowest BCUT2D eigenvalue weighted by atomic mass is 9.36. The maximum atomic E-state index is 13.7. The van der Waals surface area contributed by atoms with Gasteiger partial charge in [-0.2, -0.15) is 0 Å². The molecule has 6 aliphatic rings. The number of fused-ring (bicyclic) bond motifs is 7. The van der Waals surface area contributed by atoms with Crippen LogP contribution in [0.4, 0.5) is 0 Å². The number of rotatable bonds is 4. The minimum Gasteiger partial charge on any atom is -0.461 e. The molecule has 45 heavy (non-hydrogen) atoms. The van der Waals surface area contributed by atoms with Gasteiger partial charge in [-0.15, -0.1) is 5.16 Å². The fourth-order valence-electron chi connectivity index (χ4n) is 12.2. The third kappa shape index (κ3) is 4.69. The van der Waals surface area contributed by atoms with Gasteiger partial charge in [-0.3, -0.25) is 4.79 Å². The molecule has 5 fully saturated rings. The predicted molar refractivity (Wildman–Crippen MR) is 171 cm³/mol. The van der Waals surface area contributed by atoms with E-state index in [2.05, 4.69) is 45.9 Å². The second-order valence-corrected chi connectivity index (χ2v) is 16.9. The fourth-order valence-corrected chi connectivity index (χ4v) is 12.2. The second kappa shape index (κ2) is 10.9. The van der Waals surface area contributed by atoms with E-state index >= 15 is 0 Å². The van der Waals surface area contributed by atoms with Crippen molar-refractivity contribution in [2.24, 2.45) is 62.3 Å². The molecule has 7 heteroatoms. The zero-order chi connectivity index (χ0) is 31.8. The van der Waals surface area contributed by atoms with Gasteiger partial charge < -0.3 is 24.5 Å². The Balaban J connectivity index is 1.21. The Morgan fingerprint density at radius 2 is 1.73 bits per heavy atom. The van der Waals surface area contributed by atoms with Gasteiger partial charge >= 0.3 is 5.97 Å². The van der Waals surface area contributed by atoms with Crippen LogP contribution in [0.2, 0.25) is 0 Å². The molecule has 0 radical (unpaired) electrons. The molecule has 9 atom stereocenters. The quantitative estimate of drug-likeness (QED) is 0.122. The number of aliphatic hydroxyl groups is 1. The average Bonchev–Trinajstić information content (AvgIpc) is 3.49. The summed E-state index contributed by atoms with van der Waals surface area (Å²) < 4.78 is 18.7. The Labute approximate surface area is 268 Å². The third-order valence-corrected chi connectivity index (χ3v) is 13.9. The lowest BCUT2D eigenvalue weighted by molar-refractivity contribution is -0.299. The fraction of sp³-hybridized carbons (Fsp3) is 0.737. The number of esters is 1. The highest BCUT2D eigenvalue weighted by atomic mass is 16.7. The van der Waals surface area contributed by atoms with Gasteiger partial charge in [-0.1, -0.05) is 76.6 Å². The second-order valence-electron chi connectivity index (χ2n) is 16.9. The molecule has 1 aromatic rings. The van der Waals surface area contributed by atoms with Crippen molar-refractivity contribution in [2.45, 2.75) is 104 Å². The highest BCUT2D eigenvalue weighted by Gasteiger charge is 2.71. The van der Waals surface area contributed by atoms with Crippen molar-refractivity contribution in [1.29, 1.82) is 0 Å². The van der Waals surface area contributed by atoms with Crippen molar-refractivity contribution in [1.82, 2.24) is 0 Å². The highest BCUT2D eigenvalue weighted by Crippen LogP contribution is 2.72. The van der Waals surface area contributed by atoms with E-state index in [0.717, 1.165) is 50.5 Å². The monoisotopic (exact) mass is 619 g/mol. The van der Waals surface area contributed by atoms with Gasteiger partial charge in [-0.25, -0.2) is 0 Å². The van der Waals surface area contributed by atoms with E-state index < -0.39 is 17.3 Å². The molecular formula is C38H53NO6. The molecule has 2 N–H and O–H groups in total. The number of ether oxygens (including phenoxy) is 3. The van der Waals surface area contributed by atoms with E-state index in [1.807, 2.05) is 30.3 Å². The Kier molecular flexibility index (Phi) is 7.61. The van der Waals surface area contributed by atoms with Crippen LogP contribution >= 0.6 is 0 Å². The summed E-state index contributed by atoms with van der Waals surface area (Å²) in [6.07, 6.45) is 10.6. The number of aliphatic hydroxyl groups excluding tert-OH is 1. The summed E-state index contributed by atoms with van der Waals surface area (Å²) in [4.78, 5) is 13.7. The molecule has 1 saturated heterocycles. The molecule has 1 aliphatic heterocycles. The van der Waals surface area contributed by atoms with Crippen molar-refractivity contribution < 1.29 is 29.3 Å². The number of benzene rings is 1. The molecule has 5 unspecified atom stereocenters. The number of allylic oxidation sites excluding steroid dienone is 1.